The Hall–Kier alpha value is -1.10. The predicted molar refractivity (Wildman–Crippen MR) is 55.3 cm³/mol. The van der Waals surface area contributed by atoms with Crippen LogP contribution in [0.5, 0.6) is 0 Å². The minimum Gasteiger partial charge on any atom is -0.480 e. The van der Waals surface area contributed by atoms with E-state index in [1.54, 1.807) is 6.92 Å². The maximum Gasteiger partial charge on any atom is 0.326 e. The molecule has 5 nitrogen and oxygen atoms in total. The molecule has 0 spiro atoms. The van der Waals surface area contributed by atoms with Gasteiger partial charge in [-0.1, -0.05) is 12.8 Å². The summed E-state index contributed by atoms with van der Waals surface area (Å²) in [6.45, 7) is 2.10. The maximum absolute atomic E-state index is 11.7. The predicted octanol–water partition coefficient (Wildman–Crippen LogP) is 0.189. The van der Waals surface area contributed by atoms with E-state index in [2.05, 4.69) is 0 Å². The summed E-state index contributed by atoms with van der Waals surface area (Å²) in [5.74, 6) is -1.18. The van der Waals surface area contributed by atoms with E-state index in [4.69, 9.17) is 10.8 Å². The smallest absolute Gasteiger partial charge is 0.326 e. The van der Waals surface area contributed by atoms with E-state index in [1.165, 1.54) is 4.90 Å². The summed E-state index contributed by atoms with van der Waals surface area (Å²) in [4.78, 5) is 24.1. The first-order valence-corrected chi connectivity index (χ1v) is 5.33. The van der Waals surface area contributed by atoms with Gasteiger partial charge in [0.05, 0.1) is 6.04 Å². The summed E-state index contributed by atoms with van der Waals surface area (Å²) < 4.78 is 0. The second kappa shape index (κ2) is 5.11. The fourth-order valence-corrected chi connectivity index (χ4v) is 1.89. The van der Waals surface area contributed by atoms with Crippen LogP contribution in [-0.4, -0.2) is 40.5 Å². The average molecular weight is 214 g/mol. The van der Waals surface area contributed by atoms with Crippen molar-refractivity contribution in [3.63, 3.8) is 0 Å². The number of nitrogens with zero attached hydrogens (tertiary/aromatic N) is 1. The van der Waals surface area contributed by atoms with Gasteiger partial charge >= 0.3 is 5.97 Å². The number of amides is 1. The van der Waals surface area contributed by atoms with Crippen molar-refractivity contribution >= 4 is 11.9 Å². The summed E-state index contributed by atoms with van der Waals surface area (Å²) >= 11 is 0. The standard InChI is InChI=1S/C10H18N2O3/c1-7(11)9(13)12-6-4-2-3-5-8(12)10(14)15/h7-8H,2-6,11H2,1H3,(H,14,15)/t7-,8?/m1/s1. The number of hydrogen-bond acceptors (Lipinski definition) is 3. The van der Waals surface area contributed by atoms with Crippen LogP contribution in [0.4, 0.5) is 0 Å². The number of carboxylic acids is 1. The highest BCUT2D eigenvalue weighted by atomic mass is 16.4. The van der Waals surface area contributed by atoms with Crippen LogP contribution in [0.1, 0.15) is 32.6 Å². The van der Waals surface area contributed by atoms with E-state index in [-0.39, 0.29) is 5.91 Å². The molecule has 0 bridgehead atoms. The average Bonchev–Trinajstić information content (AvgIpc) is 2.40. The second-order valence-electron chi connectivity index (χ2n) is 4.02. The minimum absolute atomic E-state index is 0.260. The molecule has 0 aromatic carbocycles. The summed E-state index contributed by atoms with van der Waals surface area (Å²) in [7, 11) is 0. The molecule has 0 aliphatic carbocycles. The number of rotatable bonds is 2. The third-order valence-corrected chi connectivity index (χ3v) is 2.71. The van der Waals surface area contributed by atoms with Gasteiger partial charge in [-0.25, -0.2) is 4.79 Å². The van der Waals surface area contributed by atoms with Crippen LogP contribution in [0, 0.1) is 0 Å². The van der Waals surface area contributed by atoms with Crippen LogP contribution in [-0.2, 0) is 9.59 Å². The number of carboxylic acid groups (broad SMARTS) is 1. The van der Waals surface area contributed by atoms with Crippen molar-refractivity contribution in [2.45, 2.75) is 44.7 Å². The molecular formula is C10H18N2O3. The Kier molecular flexibility index (Phi) is 4.08. The zero-order chi connectivity index (χ0) is 11.4. The summed E-state index contributed by atoms with van der Waals surface area (Å²) in [5.41, 5.74) is 5.50. The van der Waals surface area contributed by atoms with Gasteiger partial charge in [0.2, 0.25) is 5.91 Å². The molecule has 0 aromatic rings. The molecule has 1 heterocycles. The van der Waals surface area contributed by atoms with Crippen LogP contribution >= 0.6 is 0 Å². The van der Waals surface area contributed by atoms with E-state index in [0.717, 1.165) is 19.3 Å². The van der Waals surface area contributed by atoms with Crippen LogP contribution in [0.3, 0.4) is 0 Å². The third kappa shape index (κ3) is 2.92. The van der Waals surface area contributed by atoms with Crippen LogP contribution in [0.15, 0.2) is 0 Å². The summed E-state index contributed by atoms with van der Waals surface area (Å²) in [6, 6.07) is -1.31. The molecule has 2 atom stereocenters. The van der Waals surface area contributed by atoms with Crippen LogP contribution < -0.4 is 5.73 Å². The number of aliphatic carboxylic acids is 1. The lowest BCUT2D eigenvalue weighted by Crippen LogP contribution is -2.50. The van der Waals surface area contributed by atoms with Crippen molar-refractivity contribution in [3.05, 3.63) is 0 Å². The summed E-state index contributed by atoms with van der Waals surface area (Å²) in [6.07, 6.45) is 3.24. The molecule has 0 saturated carbocycles. The van der Waals surface area contributed by atoms with Crippen molar-refractivity contribution in [3.8, 4) is 0 Å². The van der Waals surface area contributed by atoms with Crippen LogP contribution in [0.2, 0.25) is 0 Å². The molecule has 86 valence electrons. The lowest BCUT2D eigenvalue weighted by atomic mass is 10.1. The Balaban J connectivity index is 2.79. The lowest BCUT2D eigenvalue weighted by molar-refractivity contribution is -0.150. The van der Waals surface area contributed by atoms with Crippen molar-refractivity contribution < 1.29 is 14.7 Å². The number of hydrogen-bond donors (Lipinski definition) is 2. The highest BCUT2D eigenvalue weighted by Gasteiger charge is 2.31. The number of likely N-dealkylation sites (tertiary alicyclic amines) is 1. The first-order valence-electron chi connectivity index (χ1n) is 5.33. The largest absolute Gasteiger partial charge is 0.480 e. The molecule has 1 fully saturated rings. The zero-order valence-corrected chi connectivity index (χ0v) is 8.98. The topological polar surface area (TPSA) is 83.6 Å². The Bertz CT molecular complexity index is 253. The van der Waals surface area contributed by atoms with Crippen molar-refractivity contribution in [1.29, 1.82) is 0 Å². The van der Waals surface area contributed by atoms with Crippen LogP contribution in [0.25, 0.3) is 0 Å². The number of carbonyl (C=O) groups is 2. The fourth-order valence-electron chi connectivity index (χ4n) is 1.89. The number of carbonyl (C=O) groups excluding carboxylic acids is 1. The van der Waals surface area contributed by atoms with Gasteiger partial charge in [0.15, 0.2) is 0 Å². The molecule has 1 aliphatic heterocycles. The van der Waals surface area contributed by atoms with E-state index in [0.29, 0.717) is 13.0 Å². The van der Waals surface area contributed by atoms with Gasteiger partial charge in [-0.2, -0.15) is 0 Å². The van der Waals surface area contributed by atoms with Crippen molar-refractivity contribution in [1.82, 2.24) is 4.90 Å². The van der Waals surface area contributed by atoms with Gasteiger partial charge in [-0.3, -0.25) is 4.79 Å². The Morgan fingerprint density at radius 2 is 2.07 bits per heavy atom. The highest BCUT2D eigenvalue weighted by molar-refractivity contribution is 5.86. The van der Waals surface area contributed by atoms with Gasteiger partial charge in [0, 0.05) is 6.54 Å². The van der Waals surface area contributed by atoms with E-state index in [9.17, 15) is 9.59 Å². The van der Waals surface area contributed by atoms with Gasteiger partial charge in [-0.15, -0.1) is 0 Å². The zero-order valence-electron chi connectivity index (χ0n) is 8.98. The Morgan fingerprint density at radius 3 is 2.60 bits per heavy atom. The first-order chi connectivity index (χ1) is 7.04. The third-order valence-electron chi connectivity index (χ3n) is 2.71. The fraction of sp³-hybridized carbons (Fsp3) is 0.800. The number of nitrogens with two attached hydrogens (primary N) is 1. The van der Waals surface area contributed by atoms with Gasteiger partial charge < -0.3 is 15.7 Å². The highest BCUT2D eigenvalue weighted by Crippen LogP contribution is 2.17. The molecule has 5 heteroatoms. The molecule has 3 N–H and O–H groups in total. The Labute approximate surface area is 89.2 Å². The lowest BCUT2D eigenvalue weighted by Gasteiger charge is -2.28. The molecule has 0 aromatic heterocycles. The van der Waals surface area contributed by atoms with E-state index in [1.807, 2.05) is 0 Å². The first kappa shape index (κ1) is 12.0. The molecular weight excluding hydrogens is 196 g/mol. The van der Waals surface area contributed by atoms with Gasteiger partial charge in [0.25, 0.3) is 0 Å². The van der Waals surface area contributed by atoms with Crippen molar-refractivity contribution in [2.24, 2.45) is 5.73 Å². The minimum atomic E-state index is -0.925. The quantitative estimate of drug-likeness (QED) is 0.687. The van der Waals surface area contributed by atoms with Gasteiger partial charge in [0.1, 0.15) is 6.04 Å². The molecule has 15 heavy (non-hydrogen) atoms. The maximum atomic E-state index is 11.7. The molecule has 1 rings (SSSR count). The molecule has 1 amide bonds. The normalized spacial score (nSPS) is 24.4. The SMILES string of the molecule is C[C@@H](N)C(=O)N1CCCCCC1C(=O)O. The van der Waals surface area contributed by atoms with Gasteiger partial charge in [-0.05, 0) is 19.8 Å². The summed E-state index contributed by atoms with van der Waals surface area (Å²) in [5, 5.41) is 9.03. The van der Waals surface area contributed by atoms with Crippen molar-refractivity contribution in [2.75, 3.05) is 6.54 Å². The second-order valence-corrected chi connectivity index (χ2v) is 4.02. The van der Waals surface area contributed by atoms with E-state index < -0.39 is 18.1 Å². The molecule has 1 saturated heterocycles. The molecule has 0 radical (unpaired) electrons. The molecule has 1 aliphatic rings. The van der Waals surface area contributed by atoms with E-state index >= 15 is 0 Å². The Morgan fingerprint density at radius 1 is 1.40 bits per heavy atom. The molecule has 1 unspecified atom stereocenters. The monoisotopic (exact) mass is 214 g/mol.